The summed E-state index contributed by atoms with van der Waals surface area (Å²) >= 11 is 0. The molecule has 1 aromatic carbocycles. The molecule has 2 rings (SSSR count). The molecular formula is C12H14N2O5S. The van der Waals surface area contributed by atoms with Crippen molar-refractivity contribution in [2.24, 2.45) is 5.16 Å². The minimum absolute atomic E-state index is 0.159. The number of hydrogen-bond donors (Lipinski definition) is 0. The molecule has 7 nitrogen and oxygen atoms in total. The quantitative estimate of drug-likeness (QED) is 0.588. The third kappa shape index (κ3) is 3.70. The van der Waals surface area contributed by atoms with Crippen molar-refractivity contribution in [2.45, 2.75) is 5.75 Å². The maximum atomic E-state index is 11.8. The number of hydrogen-bond acceptors (Lipinski definition) is 6. The highest BCUT2D eigenvalue weighted by Crippen LogP contribution is 2.09. The number of carbonyl (C=O) groups is 1. The van der Waals surface area contributed by atoms with E-state index in [2.05, 4.69) is 9.44 Å². The van der Waals surface area contributed by atoms with Gasteiger partial charge in [0.1, 0.15) is 12.4 Å². The monoisotopic (exact) mass is 298 g/mol. The molecule has 0 atom stereocenters. The summed E-state index contributed by atoms with van der Waals surface area (Å²) in [7, 11) is -2.30. The predicted molar refractivity (Wildman–Crippen MR) is 71.2 cm³/mol. The Morgan fingerprint density at radius 2 is 2.05 bits per heavy atom. The summed E-state index contributed by atoms with van der Waals surface area (Å²) in [6.45, 7) is 0.678. The average molecular weight is 298 g/mol. The zero-order valence-corrected chi connectivity index (χ0v) is 11.7. The van der Waals surface area contributed by atoms with E-state index in [0.717, 1.165) is 0 Å². The number of morpholine rings is 1. The Kier molecular flexibility index (Phi) is 4.23. The van der Waals surface area contributed by atoms with Crippen molar-refractivity contribution in [3.8, 4) is 0 Å². The molecule has 0 aliphatic carbocycles. The summed E-state index contributed by atoms with van der Waals surface area (Å²) in [5.41, 5.74) is 0.576. The summed E-state index contributed by atoms with van der Waals surface area (Å²) in [5.74, 6) is -1.18. The third-order valence-electron chi connectivity index (χ3n) is 2.63. The lowest BCUT2D eigenvalue weighted by molar-refractivity contribution is -0.138. The van der Waals surface area contributed by atoms with E-state index in [1.54, 1.807) is 37.4 Å². The van der Waals surface area contributed by atoms with Crippen molar-refractivity contribution in [3.05, 3.63) is 35.9 Å². The zero-order chi connectivity index (χ0) is 14.6. The summed E-state index contributed by atoms with van der Waals surface area (Å²) in [6, 6.07) is 8.56. The van der Waals surface area contributed by atoms with Crippen LogP contribution in [0.2, 0.25) is 0 Å². The molecule has 0 aromatic heterocycles. The van der Waals surface area contributed by atoms with Crippen LogP contribution in [0.15, 0.2) is 35.5 Å². The number of carbonyl (C=O) groups excluding carboxylic acids is 1. The van der Waals surface area contributed by atoms with Gasteiger partial charge in [-0.25, -0.2) is 4.79 Å². The lowest BCUT2D eigenvalue weighted by Gasteiger charge is -2.23. The molecule has 0 saturated carbocycles. The van der Waals surface area contributed by atoms with Crippen LogP contribution in [0.1, 0.15) is 5.56 Å². The second kappa shape index (κ2) is 5.91. The first-order valence-corrected chi connectivity index (χ1v) is 7.47. The Morgan fingerprint density at radius 3 is 2.70 bits per heavy atom. The summed E-state index contributed by atoms with van der Waals surface area (Å²) in [5, 5.41) is 3.39. The Labute approximate surface area is 116 Å². The summed E-state index contributed by atoms with van der Waals surface area (Å²) in [6.07, 6.45) is 0. The average Bonchev–Trinajstić information content (AvgIpc) is 2.38. The maximum Gasteiger partial charge on any atom is 0.377 e. The molecule has 20 heavy (non-hydrogen) atoms. The Morgan fingerprint density at radius 1 is 1.35 bits per heavy atom. The first-order chi connectivity index (χ1) is 9.48. The fraction of sp³-hybridized carbons (Fsp3) is 0.333. The van der Waals surface area contributed by atoms with Crippen LogP contribution in [0.4, 0.5) is 0 Å². The fourth-order valence-electron chi connectivity index (χ4n) is 1.61. The molecule has 1 saturated heterocycles. The van der Waals surface area contributed by atoms with Crippen LogP contribution in [0.5, 0.6) is 0 Å². The van der Waals surface area contributed by atoms with Crippen molar-refractivity contribution >= 4 is 21.9 Å². The molecule has 1 heterocycles. The van der Waals surface area contributed by atoms with E-state index in [1.807, 2.05) is 0 Å². The molecule has 8 heteroatoms. The van der Waals surface area contributed by atoms with Crippen molar-refractivity contribution in [1.29, 1.82) is 0 Å². The number of esters is 1. The van der Waals surface area contributed by atoms with Gasteiger partial charge < -0.3 is 9.64 Å². The number of cyclic esters (lactones) is 1. The molecule has 1 aliphatic rings. The molecular weight excluding hydrogens is 284 g/mol. The van der Waals surface area contributed by atoms with Gasteiger partial charge in [-0.2, -0.15) is 8.42 Å². The second-order valence-corrected chi connectivity index (χ2v) is 5.79. The molecule has 0 spiro atoms. The summed E-state index contributed by atoms with van der Waals surface area (Å²) < 4.78 is 32.8. The van der Waals surface area contributed by atoms with Crippen LogP contribution in [-0.4, -0.2) is 45.3 Å². The highest BCUT2D eigenvalue weighted by Gasteiger charge is 2.25. The van der Waals surface area contributed by atoms with Gasteiger partial charge in [0.25, 0.3) is 5.84 Å². The Bertz CT molecular complexity index is 612. The van der Waals surface area contributed by atoms with Gasteiger partial charge in [0.05, 0.1) is 6.54 Å². The van der Waals surface area contributed by atoms with E-state index in [-0.39, 0.29) is 18.2 Å². The highest BCUT2D eigenvalue weighted by atomic mass is 32.2. The van der Waals surface area contributed by atoms with Crippen molar-refractivity contribution in [3.63, 3.8) is 0 Å². The van der Waals surface area contributed by atoms with Crippen LogP contribution < -0.4 is 0 Å². The van der Waals surface area contributed by atoms with E-state index < -0.39 is 16.1 Å². The molecule has 0 radical (unpaired) electrons. The Balaban J connectivity index is 2.07. The van der Waals surface area contributed by atoms with E-state index in [0.29, 0.717) is 12.1 Å². The lowest BCUT2D eigenvalue weighted by atomic mass is 10.2. The second-order valence-electron chi connectivity index (χ2n) is 4.23. The lowest BCUT2D eigenvalue weighted by Crippen LogP contribution is -2.42. The number of rotatable bonds is 4. The standard InChI is InChI=1S/C12H14N2O5S/c1-14-7-8-18-12(15)11(14)13-19-20(16,17)9-10-5-3-2-4-6-10/h2-6H,7-9H2,1H3/b13-11-. The van der Waals surface area contributed by atoms with Crippen molar-refractivity contribution in [2.75, 3.05) is 20.2 Å². The maximum absolute atomic E-state index is 11.8. The third-order valence-corrected chi connectivity index (χ3v) is 3.62. The highest BCUT2D eigenvalue weighted by molar-refractivity contribution is 7.85. The number of ether oxygens (including phenoxy) is 1. The van der Waals surface area contributed by atoms with Crippen LogP contribution >= 0.6 is 0 Å². The molecule has 1 fully saturated rings. The molecule has 0 amide bonds. The van der Waals surface area contributed by atoms with Crippen LogP contribution in [-0.2, 0) is 29.7 Å². The minimum atomic E-state index is -3.90. The van der Waals surface area contributed by atoms with Crippen molar-refractivity contribution in [1.82, 2.24) is 4.90 Å². The van der Waals surface area contributed by atoms with Gasteiger partial charge in [0, 0.05) is 7.05 Å². The van der Waals surface area contributed by atoms with E-state index in [1.165, 1.54) is 4.90 Å². The minimum Gasteiger partial charge on any atom is -0.458 e. The SMILES string of the molecule is CN1CCOC(=O)/C1=N/OS(=O)(=O)Cc1ccccc1. The normalized spacial score (nSPS) is 17.9. The van der Waals surface area contributed by atoms with Crippen LogP contribution in [0, 0.1) is 0 Å². The molecule has 1 aliphatic heterocycles. The van der Waals surface area contributed by atoms with E-state index in [9.17, 15) is 13.2 Å². The van der Waals surface area contributed by atoms with Gasteiger partial charge in [-0.1, -0.05) is 30.3 Å². The van der Waals surface area contributed by atoms with E-state index in [4.69, 9.17) is 4.74 Å². The first kappa shape index (κ1) is 14.3. The number of oxime groups is 1. The fourth-order valence-corrected chi connectivity index (χ4v) is 2.44. The molecule has 0 unspecified atom stereocenters. The van der Waals surface area contributed by atoms with Gasteiger partial charge in [-0.15, -0.1) is 0 Å². The largest absolute Gasteiger partial charge is 0.458 e. The van der Waals surface area contributed by atoms with Crippen molar-refractivity contribution < 1.29 is 22.2 Å². The van der Waals surface area contributed by atoms with Crippen LogP contribution in [0.25, 0.3) is 0 Å². The van der Waals surface area contributed by atoms with Gasteiger partial charge in [-0.05, 0) is 10.7 Å². The van der Waals surface area contributed by atoms with Gasteiger partial charge in [0.2, 0.25) is 0 Å². The summed E-state index contributed by atoms with van der Waals surface area (Å²) in [4.78, 5) is 12.9. The molecule has 0 N–H and O–H groups in total. The molecule has 1 aromatic rings. The molecule has 0 bridgehead atoms. The van der Waals surface area contributed by atoms with Gasteiger partial charge in [0.15, 0.2) is 0 Å². The predicted octanol–water partition coefficient (Wildman–Crippen LogP) is 0.335. The number of benzene rings is 1. The van der Waals surface area contributed by atoms with Gasteiger partial charge >= 0.3 is 16.1 Å². The smallest absolute Gasteiger partial charge is 0.377 e. The number of likely N-dealkylation sites (N-methyl/N-ethyl adjacent to an activating group) is 1. The van der Waals surface area contributed by atoms with Crippen LogP contribution in [0.3, 0.4) is 0 Å². The zero-order valence-electron chi connectivity index (χ0n) is 10.9. The first-order valence-electron chi connectivity index (χ1n) is 5.89. The number of nitrogens with zero attached hydrogens (tertiary/aromatic N) is 2. The number of amidine groups is 1. The van der Waals surface area contributed by atoms with E-state index >= 15 is 0 Å². The Hall–Kier alpha value is -2.09. The topological polar surface area (TPSA) is 85.3 Å². The van der Waals surface area contributed by atoms with Gasteiger partial charge in [-0.3, -0.25) is 4.28 Å². The molecule has 108 valence electrons.